The maximum Gasteiger partial charge on any atom is 0.357 e. The average molecular weight is 470 g/mol. The van der Waals surface area contributed by atoms with Crippen molar-refractivity contribution in [2.75, 3.05) is 0 Å². The highest BCUT2D eigenvalue weighted by Crippen LogP contribution is 2.82. The van der Waals surface area contributed by atoms with Crippen LogP contribution in [0.4, 0.5) is 57.1 Å². The van der Waals surface area contributed by atoms with Crippen molar-refractivity contribution >= 4 is 22.6 Å². The molecule has 0 aliphatic heterocycles. The molecule has 0 saturated heterocycles. The lowest BCUT2D eigenvalue weighted by Crippen LogP contribution is -2.99. The minimum Gasteiger partial charge on any atom is -0.223 e. The van der Waals surface area contributed by atoms with Crippen molar-refractivity contribution in [3.63, 3.8) is 0 Å². The van der Waals surface area contributed by atoms with Crippen LogP contribution in [0.25, 0.3) is 0 Å². The molecule has 3 aliphatic carbocycles. The molecule has 3 saturated carbocycles. The maximum atomic E-state index is 13.6. The molecule has 0 heterocycles. The fraction of sp³-hybridized carbons (Fsp3) is 1.00. The van der Waals surface area contributed by atoms with Gasteiger partial charge in [0.05, 0.1) is 0 Å². The van der Waals surface area contributed by atoms with Crippen LogP contribution in [-0.2, 0) is 0 Å². The standard InChI is InChI=1S/C8F13I/c9-1-3(10,11)6(16,17)2(22,7(18,19)4(1,12)13)8(20,21)5(1,14)15. The quantitative estimate of drug-likeness (QED) is 0.274. The first-order valence-electron chi connectivity index (χ1n) is 4.90. The molecule has 14 heteroatoms. The molecule has 2 bridgehead atoms. The molecule has 0 unspecified atom stereocenters. The van der Waals surface area contributed by atoms with E-state index in [2.05, 4.69) is 0 Å². The number of fused-ring (bicyclic) bond motifs is 3. The Morgan fingerprint density at radius 1 is 0.364 bits per heavy atom. The van der Waals surface area contributed by atoms with Gasteiger partial charge < -0.3 is 0 Å². The van der Waals surface area contributed by atoms with E-state index in [1.807, 2.05) is 0 Å². The highest BCUT2D eigenvalue weighted by atomic mass is 127. The Morgan fingerprint density at radius 3 is 0.727 bits per heavy atom. The molecule has 3 rings (SSSR count). The maximum absolute atomic E-state index is 13.6. The lowest BCUT2D eigenvalue weighted by Gasteiger charge is -2.65. The van der Waals surface area contributed by atoms with E-state index in [4.69, 9.17) is 0 Å². The Kier molecular flexibility index (Phi) is 2.95. The number of hydrogen-bond donors (Lipinski definition) is 0. The van der Waals surface area contributed by atoms with Crippen LogP contribution in [0.15, 0.2) is 0 Å². The van der Waals surface area contributed by atoms with Crippen LogP contribution in [0.2, 0.25) is 0 Å². The summed E-state index contributed by atoms with van der Waals surface area (Å²) in [5.74, 6) is -42.3. The van der Waals surface area contributed by atoms with E-state index in [1.165, 1.54) is 0 Å². The Morgan fingerprint density at radius 2 is 0.545 bits per heavy atom. The van der Waals surface area contributed by atoms with Crippen LogP contribution in [-0.4, -0.2) is 44.6 Å². The van der Waals surface area contributed by atoms with E-state index in [1.54, 1.807) is 0 Å². The molecule has 0 aromatic rings. The van der Waals surface area contributed by atoms with Gasteiger partial charge in [0.15, 0.2) is 0 Å². The summed E-state index contributed by atoms with van der Waals surface area (Å²) >= 11 is -0.954. The first kappa shape index (κ1) is 18.2. The van der Waals surface area contributed by atoms with Crippen LogP contribution in [0.3, 0.4) is 0 Å². The fourth-order valence-electron chi connectivity index (χ4n) is 2.48. The highest BCUT2D eigenvalue weighted by Gasteiger charge is 3.14. The van der Waals surface area contributed by atoms with Crippen molar-refractivity contribution in [3.05, 3.63) is 0 Å². The zero-order chi connectivity index (χ0) is 18.0. The van der Waals surface area contributed by atoms with Gasteiger partial charge in [-0.2, -0.15) is 52.7 Å². The zero-order valence-corrected chi connectivity index (χ0v) is 11.4. The number of rotatable bonds is 0. The normalized spacial score (nSPS) is 45.5. The monoisotopic (exact) mass is 470 g/mol. The molecule has 0 aromatic carbocycles. The first-order chi connectivity index (χ1) is 9.25. The second-order valence-corrected chi connectivity index (χ2v) is 6.38. The van der Waals surface area contributed by atoms with Gasteiger partial charge in [-0.1, -0.05) is 22.6 Å². The second kappa shape index (κ2) is 3.58. The van der Waals surface area contributed by atoms with Crippen molar-refractivity contribution in [2.24, 2.45) is 0 Å². The molecule has 0 N–H and O–H groups in total. The molecule has 0 aromatic heterocycles. The minimum atomic E-state index is -7.50. The van der Waals surface area contributed by atoms with Crippen molar-refractivity contribution < 1.29 is 57.1 Å². The molecule has 3 fully saturated rings. The third-order valence-electron chi connectivity index (χ3n) is 3.78. The molecular weight excluding hydrogens is 470 g/mol. The summed E-state index contributed by atoms with van der Waals surface area (Å²) in [6, 6.07) is 0. The number of alkyl halides is 14. The Hall–Kier alpha value is -0.180. The summed E-state index contributed by atoms with van der Waals surface area (Å²) in [4.78, 5) is 0. The molecule has 22 heavy (non-hydrogen) atoms. The summed E-state index contributed by atoms with van der Waals surface area (Å²) in [5, 5.41) is 0. The number of halogens is 14. The minimum absolute atomic E-state index is 0.954. The molecule has 0 nitrogen and oxygen atoms in total. The van der Waals surface area contributed by atoms with Gasteiger partial charge in [0.25, 0.3) is 0 Å². The van der Waals surface area contributed by atoms with Gasteiger partial charge in [0, 0.05) is 0 Å². The van der Waals surface area contributed by atoms with Crippen molar-refractivity contribution in [1.29, 1.82) is 0 Å². The van der Waals surface area contributed by atoms with Gasteiger partial charge in [-0.05, 0) is 0 Å². The van der Waals surface area contributed by atoms with Gasteiger partial charge in [-0.25, -0.2) is 4.39 Å². The van der Waals surface area contributed by atoms with Gasteiger partial charge >= 0.3 is 41.2 Å². The van der Waals surface area contributed by atoms with E-state index >= 15 is 0 Å². The van der Waals surface area contributed by atoms with Crippen molar-refractivity contribution in [1.82, 2.24) is 0 Å². The predicted octanol–water partition coefficient (Wildman–Crippen LogP) is 4.71. The zero-order valence-electron chi connectivity index (χ0n) is 9.29. The van der Waals surface area contributed by atoms with Crippen LogP contribution in [0.5, 0.6) is 0 Å². The summed E-state index contributed by atoms with van der Waals surface area (Å²) in [7, 11) is 0. The molecule has 130 valence electrons. The van der Waals surface area contributed by atoms with E-state index in [9.17, 15) is 57.1 Å². The van der Waals surface area contributed by atoms with Crippen LogP contribution < -0.4 is 0 Å². The van der Waals surface area contributed by atoms with Crippen molar-refractivity contribution in [3.8, 4) is 0 Å². The summed E-state index contributed by atoms with van der Waals surface area (Å²) in [6.45, 7) is 0. The van der Waals surface area contributed by atoms with Gasteiger partial charge in [0.2, 0.25) is 3.42 Å². The van der Waals surface area contributed by atoms with E-state index in [0.717, 1.165) is 0 Å². The molecule has 0 amide bonds. The molecule has 0 atom stereocenters. The molecule has 3 aliphatic rings. The predicted molar refractivity (Wildman–Crippen MR) is 50.3 cm³/mol. The fourth-order valence-corrected chi connectivity index (χ4v) is 3.50. The third-order valence-corrected chi connectivity index (χ3v) is 5.81. The summed E-state index contributed by atoms with van der Waals surface area (Å²) in [5.41, 5.74) is -7.50. The smallest absolute Gasteiger partial charge is 0.223 e. The van der Waals surface area contributed by atoms with E-state index < -0.39 is 67.2 Å². The van der Waals surface area contributed by atoms with Gasteiger partial charge in [-0.3, -0.25) is 0 Å². The summed E-state index contributed by atoms with van der Waals surface area (Å²) in [6.07, 6.45) is 0. The summed E-state index contributed by atoms with van der Waals surface area (Å²) < 4.78 is 167. The molecule has 0 spiro atoms. The highest BCUT2D eigenvalue weighted by molar-refractivity contribution is 14.1. The molecular formula is C8F13I. The Labute approximate surface area is 125 Å². The Bertz CT molecular complexity index is 414. The van der Waals surface area contributed by atoms with Gasteiger partial charge in [0.1, 0.15) is 0 Å². The number of hydrogen-bond acceptors (Lipinski definition) is 0. The van der Waals surface area contributed by atoms with Crippen LogP contribution in [0.1, 0.15) is 0 Å². The van der Waals surface area contributed by atoms with Crippen LogP contribution in [0, 0.1) is 0 Å². The third kappa shape index (κ3) is 1.07. The van der Waals surface area contributed by atoms with E-state index in [0.29, 0.717) is 0 Å². The topological polar surface area (TPSA) is 0 Å². The van der Waals surface area contributed by atoms with Gasteiger partial charge in [-0.15, -0.1) is 0 Å². The first-order valence-corrected chi connectivity index (χ1v) is 5.97. The van der Waals surface area contributed by atoms with E-state index in [-0.39, 0.29) is 0 Å². The van der Waals surface area contributed by atoms with Crippen molar-refractivity contribution in [2.45, 2.75) is 44.6 Å². The average Bonchev–Trinajstić information content (AvgIpc) is 2.32. The largest absolute Gasteiger partial charge is 0.357 e. The lowest BCUT2D eigenvalue weighted by molar-refractivity contribution is -0.529. The second-order valence-electron chi connectivity index (χ2n) is 4.76. The lowest BCUT2D eigenvalue weighted by atomic mass is 9.55. The van der Waals surface area contributed by atoms with Crippen LogP contribution >= 0.6 is 22.6 Å². The SMILES string of the molecule is FC1(F)C(F)(F)C2(I)C(F)(F)C(F)(F)C1(F)C(F)(F)C2(F)F. The Balaban J connectivity index is 3.11. The molecule has 0 radical (unpaired) electrons.